The second kappa shape index (κ2) is 8.25. The zero-order valence-corrected chi connectivity index (χ0v) is 15.2. The molecule has 1 saturated carbocycles. The Bertz CT molecular complexity index is 394. The lowest BCUT2D eigenvalue weighted by Crippen LogP contribution is -2.51. The Morgan fingerprint density at radius 1 is 1.17 bits per heavy atom. The molecule has 0 heterocycles. The standard InChI is InChI=1S/C18H34N2O3/c1-16(2,19)12-13-23-17(3,4)11-8-15(22)20-18(14-21)9-6-5-7-10-18/h14H,5-13,19H2,1-4H3,(H,20,22). The van der Waals surface area contributed by atoms with Gasteiger partial charge in [-0.3, -0.25) is 4.79 Å². The van der Waals surface area contributed by atoms with Crippen molar-refractivity contribution >= 4 is 12.2 Å². The summed E-state index contributed by atoms with van der Waals surface area (Å²) in [6.07, 6.45) is 7.36. The van der Waals surface area contributed by atoms with Crippen molar-refractivity contribution in [3.05, 3.63) is 0 Å². The molecule has 0 aromatic rings. The maximum Gasteiger partial charge on any atom is 0.220 e. The third kappa shape index (κ3) is 7.93. The predicted octanol–water partition coefficient (Wildman–Crippen LogP) is 2.71. The number of nitrogens with one attached hydrogen (secondary N) is 1. The van der Waals surface area contributed by atoms with Crippen LogP contribution >= 0.6 is 0 Å². The first-order chi connectivity index (χ1) is 10.6. The van der Waals surface area contributed by atoms with Gasteiger partial charge in [0.25, 0.3) is 0 Å². The van der Waals surface area contributed by atoms with Gasteiger partial charge in [0.1, 0.15) is 6.29 Å². The highest BCUT2D eigenvalue weighted by atomic mass is 16.5. The topological polar surface area (TPSA) is 81.4 Å². The van der Waals surface area contributed by atoms with Crippen molar-refractivity contribution < 1.29 is 14.3 Å². The Kier molecular flexibility index (Phi) is 7.21. The van der Waals surface area contributed by atoms with Gasteiger partial charge in [0, 0.05) is 18.6 Å². The zero-order chi connectivity index (χ0) is 17.6. The normalized spacial score (nSPS) is 18.5. The largest absolute Gasteiger partial charge is 0.375 e. The lowest BCUT2D eigenvalue weighted by Gasteiger charge is -2.33. The quantitative estimate of drug-likeness (QED) is 0.638. The summed E-state index contributed by atoms with van der Waals surface area (Å²) in [5.74, 6) is -0.0603. The molecule has 0 radical (unpaired) electrons. The van der Waals surface area contributed by atoms with E-state index in [9.17, 15) is 9.59 Å². The van der Waals surface area contributed by atoms with Crippen LogP contribution in [-0.4, -0.2) is 35.5 Å². The van der Waals surface area contributed by atoms with E-state index in [0.29, 0.717) is 19.4 Å². The van der Waals surface area contributed by atoms with Crippen LogP contribution in [-0.2, 0) is 14.3 Å². The van der Waals surface area contributed by atoms with Gasteiger partial charge in [-0.2, -0.15) is 0 Å². The van der Waals surface area contributed by atoms with Crippen LogP contribution in [0.5, 0.6) is 0 Å². The summed E-state index contributed by atoms with van der Waals surface area (Å²) >= 11 is 0. The smallest absolute Gasteiger partial charge is 0.220 e. The summed E-state index contributed by atoms with van der Waals surface area (Å²) in [6, 6.07) is 0. The Morgan fingerprint density at radius 3 is 2.30 bits per heavy atom. The Balaban J connectivity index is 2.37. The third-order valence-electron chi connectivity index (χ3n) is 4.55. The first kappa shape index (κ1) is 20.1. The van der Waals surface area contributed by atoms with E-state index in [4.69, 9.17) is 10.5 Å². The predicted molar refractivity (Wildman–Crippen MR) is 92.2 cm³/mol. The molecule has 0 aromatic carbocycles. The molecular weight excluding hydrogens is 292 g/mol. The minimum atomic E-state index is -0.635. The minimum absolute atomic E-state index is 0.0603. The SMILES string of the molecule is CC(C)(N)CCOC(C)(C)CCC(=O)NC1(C=O)CCCCC1. The minimum Gasteiger partial charge on any atom is -0.375 e. The maximum atomic E-state index is 12.2. The average Bonchev–Trinajstić information content (AvgIpc) is 2.45. The summed E-state index contributed by atoms with van der Waals surface area (Å²) < 4.78 is 5.87. The van der Waals surface area contributed by atoms with Gasteiger partial charge in [0.15, 0.2) is 0 Å². The molecule has 1 fully saturated rings. The number of aldehydes is 1. The number of amides is 1. The molecule has 134 valence electrons. The van der Waals surface area contributed by atoms with Crippen molar-refractivity contribution in [2.24, 2.45) is 5.73 Å². The molecule has 1 amide bonds. The molecule has 0 saturated heterocycles. The maximum absolute atomic E-state index is 12.2. The van der Waals surface area contributed by atoms with Crippen LogP contribution in [0.2, 0.25) is 0 Å². The van der Waals surface area contributed by atoms with E-state index in [1.54, 1.807) is 0 Å². The van der Waals surface area contributed by atoms with Gasteiger partial charge in [-0.15, -0.1) is 0 Å². The number of rotatable bonds is 9. The molecule has 1 aliphatic rings. The second-order valence-electron chi connectivity index (χ2n) is 8.23. The highest BCUT2D eigenvalue weighted by Crippen LogP contribution is 2.27. The van der Waals surface area contributed by atoms with Crippen LogP contribution in [0.3, 0.4) is 0 Å². The zero-order valence-electron chi connectivity index (χ0n) is 15.2. The van der Waals surface area contributed by atoms with Gasteiger partial charge in [-0.05, 0) is 53.4 Å². The number of carbonyl (C=O) groups excluding carboxylic acids is 2. The van der Waals surface area contributed by atoms with Gasteiger partial charge in [-0.1, -0.05) is 19.3 Å². The van der Waals surface area contributed by atoms with E-state index in [1.165, 1.54) is 0 Å². The first-order valence-electron chi connectivity index (χ1n) is 8.78. The van der Waals surface area contributed by atoms with E-state index in [2.05, 4.69) is 5.32 Å². The summed E-state index contributed by atoms with van der Waals surface area (Å²) in [5.41, 5.74) is 4.69. The van der Waals surface area contributed by atoms with Gasteiger partial charge >= 0.3 is 0 Å². The molecular formula is C18H34N2O3. The van der Waals surface area contributed by atoms with Crippen molar-refractivity contribution in [3.63, 3.8) is 0 Å². The Labute approximate surface area is 140 Å². The molecule has 5 nitrogen and oxygen atoms in total. The van der Waals surface area contributed by atoms with E-state index in [0.717, 1.165) is 44.8 Å². The van der Waals surface area contributed by atoms with Crippen LogP contribution < -0.4 is 11.1 Å². The number of hydrogen-bond acceptors (Lipinski definition) is 4. The van der Waals surface area contributed by atoms with Gasteiger partial charge in [-0.25, -0.2) is 0 Å². The van der Waals surface area contributed by atoms with Crippen LogP contribution in [0, 0.1) is 0 Å². The fourth-order valence-corrected chi connectivity index (χ4v) is 2.87. The first-order valence-corrected chi connectivity index (χ1v) is 8.78. The molecule has 0 bridgehead atoms. The third-order valence-corrected chi connectivity index (χ3v) is 4.55. The number of hydrogen-bond donors (Lipinski definition) is 2. The van der Waals surface area contributed by atoms with Crippen molar-refractivity contribution in [1.82, 2.24) is 5.32 Å². The second-order valence-corrected chi connectivity index (χ2v) is 8.23. The molecule has 0 aromatic heterocycles. The van der Waals surface area contributed by atoms with Crippen LogP contribution in [0.4, 0.5) is 0 Å². The number of carbonyl (C=O) groups is 2. The molecule has 23 heavy (non-hydrogen) atoms. The van der Waals surface area contributed by atoms with Gasteiger partial charge < -0.3 is 20.6 Å². The molecule has 0 aliphatic heterocycles. The lowest BCUT2D eigenvalue weighted by molar-refractivity contribution is -0.129. The molecule has 1 rings (SSSR count). The van der Waals surface area contributed by atoms with E-state index >= 15 is 0 Å². The van der Waals surface area contributed by atoms with Gasteiger partial charge in [0.05, 0.1) is 11.1 Å². The molecule has 0 spiro atoms. The van der Waals surface area contributed by atoms with Crippen molar-refractivity contribution in [2.75, 3.05) is 6.61 Å². The van der Waals surface area contributed by atoms with Crippen LogP contribution in [0.1, 0.15) is 79.1 Å². The highest BCUT2D eigenvalue weighted by molar-refractivity contribution is 5.81. The molecule has 5 heteroatoms. The van der Waals surface area contributed by atoms with Crippen molar-refractivity contribution in [2.45, 2.75) is 95.7 Å². The van der Waals surface area contributed by atoms with E-state index in [-0.39, 0.29) is 17.0 Å². The average molecular weight is 326 g/mol. The van der Waals surface area contributed by atoms with Gasteiger partial charge in [0.2, 0.25) is 5.91 Å². The monoisotopic (exact) mass is 326 g/mol. The lowest BCUT2D eigenvalue weighted by atomic mass is 9.82. The molecule has 0 atom stereocenters. The van der Waals surface area contributed by atoms with Crippen molar-refractivity contribution in [3.8, 4) is 0 Å². The van der Waals surface area contributed by atoms with Crippen LogP contribution in [0.15, 0.2) is 0 Å². The van der Waals surface area contributed by atoms with E-state index < -0.39 is 5.54 Å². The number of nitrogens with two attached hydrogens (primary N) is 1. The van der Waals surface area contributed by atoms with Crippen molar-refractivity contribution in [1.29, 1.82) is 0 Å². The summed E-state index contributed by atoms with van der Waals surface area (Å²) in [5, 5.41) is 2.95. The summed E-state index contributed by atoms with van der Waals surface area (Å²) in [4.78, 5) is 23.6. The Morgan fingerprint density at radius 2 is 1.78 bits per heavy atom. The molecule has 3 N–H and O–H groups in total. The van der Waals surface area contributed by atoms with Crippen LogP contribution in [0.25, 0.3) is 0 Å². The number of ether oxygens (including phenoxy) is 1. The molecule has 0 unspecified atom stereocenters. The fraction of sp³-hybridized carbons (Fsp3) is 0.889. The highest BCUT2D eigenvalue weighted by Gasteiger charge is 2.33. The Hall–Kier alpha value is -0.940. The summed E-state index contributed by atoms with van der Waals surface area (Å²) in [6.45, 7) is 8.50. The fourth-order valence-electron chi connectivity index (χ4n) is 2.87. The van der Waals surface area contributed by atoms with E-state index in [1.807, 2.05) is 27.7 Å². The molecule has 1 aliphatic carbocycles. The summed E-state index contributed by atoms with van der Waals surface area (Å²) in [7, 11) is 0.